The number of nitrogens with one attached hydrogen (secondary N) is 2. The lowest BCUT2D eigenvalue weighted by Gasteiger charge is -2.40. The van der Waals surface area contributed by atoms with E-state index >= 15 is 0 Å². The Bertz CT molecular complexity index is 991. The van der Waals surface area contributed by atoms with Gasteiger partial charge >= 0.3 is 0 Å². The number of aliphatic hydroxyl groups excluding tert-OH is 1. The molecular formula is C33H54N2O8. The smallest absolute Gasteiger partial charge is 0.244 e. The lowest BCUT2D eigenvalue weighted by Crippen LogP contribution is -2.53. The van der Waals surface area contributed by atoms with Crippen molar-refractivity contribution in [1.82, 2.24) is 10.6 Å². The number of aliphatic hydroxyl groups is 1. The van der Waals surface area contributed by atoms with Gasteiger partial charge < -0.3 is 39.4 Å². The molecular weight excluding hydrogens is 552 g/mol. The normalized spacial score (nSPS) is 34.4. The number of hydrogen-bond acceptors (Lipinski definition) is 8. The van der Waals surface area contributed by atoms with Gasteiger partial charge in [0.05, 0.1) is 43.5 Å². The van der Waals surface area contributed by atoms with Gasteiger partial charge in [0, 0.05) is 25.6 Å². The van der Waals surface area contributed by atoms with Crippen molar-refractivity contribution in [3.63, 3.8) is 0 Å². The number of hydrogen-bond donors (Lipinski definition) is 3. The second-order valence-electron chi connectivity index (χ2n) is 12.3. The number of ether oxygens (including phenoxy) is 5. The molecule has 1 spiro atoms. The molecule has 10 heteroatoms. The summed E-state index contributed by atoms with van der Waals surface area (Å²) in [6, 6.07) is -0.0872. The van der Waals surface area contributed by atoms with Gasteiger partial charge in [0.2, 0.25) is 11.8 Å². The summed E-state index contributed by atoms with van der Waals surface area (Å²) in [6.45, 7) is 15.4. The molecule has 3 rings (SSSR count). The zero-order valence-corrected chi connectivity index (χ0v) is 27.0. The summed E-state index contributed by atoms with van der Waals surface area (Å²) in [6.07, 6.45) is 10.2. The summed E-state index contributed by atoms with van der Waals surface area (Å²) in [5.74, 6) is 0.0107. The van der Waals surface area contributed by atoms with E-state index in [9.17, 15) is 14.7 Å². The summed E-state index contributed by atoms with van der Waals surface area (Å²) in [5.41, 5.74) is 0.585. The Balaban J connectivity index is 1.63. The molecule has 10 nitrogen and oxygen atoms in total. The fourth-order valence-electron chi connectivity index (χ4n) is 5.80. The first kappa shape index (κ1) is 35.4. The van der Waals surface area contributed by atoms with Crippen molar-refractivity contribution in [2.45, 2.75) is 135 Å². The maximum absolute atomic E-state index is 12.5. The van der Waals surface area contributed by atoms with Crippen LogP contribution in [0, 0.1) is 5.92 Å². The van der Waals surface area contributed by atoms with Gasteiger partial charge in [-0.05, 0) is 59.8 Å². The van der Waals surface area contributed by atoms with Crippen molar-refractivity contribution in [1.29, 1.82) is 0 Å². The summed E-state index contributed by atoms with van der Waals surface area (Å²) in [4.78, 5) is 24.7. The van der Waals surface area contributed by atoms with Crippen molar-refractivity contribution in [2.75, 3.05) is 19.8 Å². The number of rotatable bonds is 15. The largest absolute Gasteiger partial charge is 0.389 e. The minimum atomic E-state index is -0.665. The first-order chi connectivity index (χ1) is 20.5. The van der Waals surface area contributed by atoms with E-state index in [-0.39, 0.29) is 54.6 Å². The number of amides is 2. The Morgan fingerprint density at radius 1 is 1.16 bits per heavy atom. The number of carbonyl (C=O) groups is 2. The van der Waals surface area contributed by atoms with E-state index in [0.29, 0.717) is 26.2 Å². The van der Waals surface area contributed by atoms with Crippen LogP contribution in [0.1, 0.15) is 80.6 Å². The average Bonchev–Trinajstić information content (AvgIpc) is 3.71. The van der Waals surface area contributed by atoms with Gasteiger partial charge in [-0.3, -0.25) is 9.59 Å². The van der Waals surface area contributed by atoms with E-state index in [1.54, 1.807) is 6.92 Å². The van der Waals surface area contributed by atoms with Crippen LogP contribution in [-0.4, -0.2) is 91.2 Å². The topological polar surface area (TPSA) is 128 Å². The van der Waals surface area contributed by atoms with Gasteiger partial charge in [0.1, 0.15) is 17.8 Å². The van der Waals surface area contributed by atoms with Crippen LogP contribution in [0.3, 0.4) is 0 Å². The molecule has 0 aromatic heterocycles. The van der Waals surface area contributed by atoms with Crippen molar-refractivity contribution >= 4 is 11.8 Å². The Morgan fingerprint density at radius 2 is 1.91 bits per heavy atom. The summed E-state index contributed by atoms with van der Waals surface area (Å²) < 4.78 is 30.7. The monoisotopic (exact) mass is 606 g/mol. The summed E-state index contributed by atoms with van der Waals surface area (Å²) >= 11 is 0. The van der Waals surface area contributed by atoms with E-state index in [2.05, 4.69) is 23.6 Å². The zero-order valence-electron chi connectivity index (χ0n) is 27.0. The fourth-order valence-corrected chi connectivity index (χ4v) is 5.80. The van der Waals surface area contributed by atoms with E-state index in [0.717, 1.165) is 24.8 Å². The molecule has 244 valence electrons. The zero-order chi connectivity index (χ0) is 31.6. The Kier molecular flexibility index (Phi) is 13.9. The van der Waals surface area contributed by atoms with Crippen LogP contribution in [0.4, 0.5) is 0 Å². The van der Waals surface area contributed by atoms with Gasteiger partial charge in [-0.25, -0.2) is 0 Å². The van der Waals surface area contributed by atoms with Crippen molar-refractivity contribution < 1.29 is 38.4 Å². The number of carbonyl (C=O) groups excluding carboxylic acids is 2. The van der Waals surface area contributed by atoms with E-state index in [1.165, 1.54) is 12.2 Å². The highest BCUT2D eigenvalue weighted by molar-refractivity contribution is 5.87. The third kappa shape index (κ3) is 11.1. The molecule has 43 heavy (non-hydrogen) atoms. The van der Waals surface area contributed by atoms with Crippen LogP contribution in [-0.2, 0) is 33.3 Å². The van der Waals surface area contributed by atoms with Crippen LogP contribution in [0.2, 0.25) is 0 Å². The molecule has 0 radical (unpaired) electrons. The summed E-state index contributed by atoms with van der Waals surface area (Å²) in [7, 11) is 0. The minimum absolute atomic E-state index is 0.0163. The fraction of sp³-hybridized carbons (Fsp3) is 0.758. The molecule has 3 saturated heterocycles. The average molecular weight is 607 g/mol. The van der Waals surface area contributed by atoms with Crippen LogP contribution < -0.4 is 10.6 Å². The van der Waals surface area contributed by atoms with E-state index in [1.807, 2.05) is 46.8 Å². The highest BCUT2D eigenvalue weighted by Crippen LogP contribution is 2.45. The SMILES string of the molecule is CCCNC(=O)C[C@@H]1C[C@@]2(CO2)[C@H](OC(C)OCC)[C@@H](/C=C/C(C)=C/C[C@@H]2O[C@H](C)[C@H](NC(=O)C=CC(C)O)C[C@@H]2C)O1. The second kappa shape index (κ2) is 16.8. The molecule has 3 aliphatic heterocycles. The Morgan fingerprint density at radius 3 is 2.56 bits per heavy atom. The van der Waals surface area contributed by atoms with Crippen LogP contribution in [0.25, 0.3) is 0 Å². The lowest BCUT2D eigenvalue weighted by atomic mass is 9.87. The first-order valence-electron chi connectivity index (χ1n) is 16.0. The summed E-state index contributed by atoms with van der Waals surface area (Å²) in [5, 5.41) is 15.3. The molecule has 10 atom stereocenters. The van der Waals surface area contributed by atoms with Gasteiger partial charge in [0.25, 0.3) is 0 Å². The van der Waals surface area contributed by atoms with Crippen LogP contribution in [0.15, 0.2) is 36.0 Å². The highest BCUT2D eigenvalue weighted by Gasteiger charge is 2.60. The van der Waals surface area contributed by atoms with Crippen molar-refractivity contribution in [3.05, 3.63) is 36.0 Å². The molecule has 0 saturated carbocycles. The molecule has 0 aromatic rings. The minimum Gasteiger partial charge on any atom is -0.389 e. The van der Waals surface area contributed by atoms with Gasteiger partial charge in [-0.1, -0.05) is 43.7 Å². The van der Waals surface area contributed by atoms with Crippen LogP contribution in [0.5, 0.6) is 0 Å². The Hall–Kier alpha value is -2.08. The molecule has 0 aliphatic carbocycles. The van der Waals surface area contributed by atoms with E-state index < -0.39 is 24.1 Å². The molecule has 0 bridgehead atoms. The van der Waals surface area contributed by atoms with Gasteiger partial charge in [-0.2, -0.15) is 0 Å². The molecule has 2 amide bonds. The lowest BCUT2D eigenvalue weighted by molar-refractivity contribution is -0.226. The molecule has 3 N–H and O–H groups in total. The van der Waals surface area contributed by atoms with Crippen molar-refractivity contribution in [3.8, 4) is 0 Å². The standard InChI is InChI=1S/C33H54N2O8/c1-8-16-34-31(38)18-26-19-33(20-40-33)32(42-25(7)39-9-2)29(43-26)14-11-21(3)10-13-28-22(4)17-27(24(6)41-28)35-30(37)15-12-23(5)36/h10-12,14-15,22-29,32,36H,8-9,13,16-20H2,1-7H3,(H,34,38)(H,35,37)/b14-11+,15-12?,21-10+/t22-,23?,24+,25?,26+,27+,28-,29+,32+,33+/m0/s1. The first-order valence-corrected chi connectivity index (χ1v) is 16.0. The molecule has 3 heterocycles. The highest BCUT2D eigenvalue weighted by atomic mass is 16.7. The quantitative estimate of drug-likeness (QED) is 0.111. The molecule has 0 aromatic carbocycles. The third-order valence-electron chi connectivity index (χ3n) is 8.27. The third-order valence-corrected chi connectivity index (χ3v) is 8.27. The Labute approximate surface area is 257 Å². The van der Waals surface area contributed by atoms with Crippen LogP contribution >= 0.6 is 0 Å². The molecule has 3 aliphatic rings. The maximum atomic E-state index is 12.5. The predicted molar refractivity (Wildman–Crippen MR) is 164 cm³/mol. The maximum Gasteiger partial charge on any atom is 0.244 e. The number of allylic oxidation sites excluding steroid dienone is 2. The van der Waals surface area contributed by atoms with Gasteiger partial charge in [-0.15, -0.1) is 0 Å². The number of epoxide rings is 1. The second-order valence-corrected chi connectivity index (χ2v) is 12.3. The van der Waals surface area contributed by atoms with Crippen molar-refractivity contribution in [2.24, 2.45) is 5.92 Å². The van der Waals surface area contributed by atoms with E-state index in [4.69, 9.17) is 23.7 Å². The van der Waals surface area contributed by atoms with Gasteiger partial charge in [0.15, 0.2) is 6.29 Å². The molecule has 3 fully saturated rings. The molecule has 2 unspecified atom stereocenters. The predicted octanol–water partition coefficient (Wildman–Crippen LogP) is 3.72.